The fourth-order valence-corrected chi connectivity index (χ4v) is 3.41. The molecule has 142 valence electrons. The van der Waals surface area contributed by atoms with Gasteiger partial charge in [0.2, 0.25) is 5.91 Å². The number of benzene rings is 1. The van der Waals surface area contributed by atoms with Crippen LogP contribution in [0.1, 0.15) is 25.7 Å². The lowest BCUT2D eigenvalue weighted by atomic mass is 10.1. The number of hydrogen-bond acceptors (Lipinski definition) is 4. The van der Waals surface area contributed by atoms with E-state index in [4.69, 9.17) is 21.1 Å². The highest BCUT2D eigenvalue weighted by atomic mass is 35.5. The Balaban J connectivity index is 1.36. The largest absolute Gasteiger partial charge is 0.484 e. The molecule has 1 aromatic rings. The average molecular weight is 381 g/mol. The zero-order chi connectivity index (χ0) is 18.4. The van der Waals surface area contributed by atoms with Crippen LogP contribution >= 0.6 is 11.6 Å². The SMILES string of the molecule is O=C(CC[C@H]1CCCO1)N1CCN(C(=O)COc2ccc(Cl)cc2)CC1. The van der Waals surface area contributed by atoms with Crippen LogP contribution in [0.2, 0.25) is 5.02 Å². The summed E-state index contributed by atoms with van der Waals surface area (Å²) in [6, 6.07) is 6.92. The van der Waals surface area contributed by atoms with Crippen LogP contribution in [-0.4, -0.2) is 67.1 Å². The lowest BCUT2D eigenvalue weighted by Crippen LogP contribution is -2.51. The summed E-state index contributed by atoms with van der Waals surface area (Å²) in [5, 5.41) is 0.629. The molecule has 1 atom stereocenters. The highest BCUT2D eigenvalue weighted by molar-refractivity contribution is 6.30. The van der Waals surface area contributed by atoms with Crippen molar-refractivity contribution in [2.75, 3.05) is 39.4 Å². The third-order valence-electron chi connectivity index (χ3n) is 4.87. The molecule has 0 aromatic heterocycles. The molecule has 0 aliphatic carbocycles. The predicted molar refractivity (Wildman–Crippen MR) is 98.3 cm³/mol. The summed E-state index contributed by atoms with van der Waals surface area (Å²) in [5.74, 6) is 0.710. The molecule has 3 rings (SSSR count). The van der Waals surface area contributed by atoms with Gasteiger partial charge in [-0.15, -0.1) is 0 Å². The van der Waals surface area contributed by atoms with Crippen molar-refractivity contribution in [2.45, 2.75) is 31.8 Å². The molecule has 2 aliphatic heterocycles. The highest BCUT2D eigenvalue weighted by Crippen LogP contribution is 2.18. The summed E-state index contributed by atoms with van der Waals surface area (Å²) in [6.45, 7) is 3.07. The van der Waals surface area contributed by atoms with Crippen molar-refractivity contribution in [3.8, 4) is 5.75 Å². The van der Waals surface area contributed by atoms with Crippen molar-refractivity contribution in [1.82, 2.24) is 9.80 Å². The third-order valence-corrected chi connectivity index (χ3v) is 5.12. The maximum atomic E-state index is 12.3. The molecule has 0 radical (unpaired) electrons. The zero-order valence-electron chi connectivity index (χ0n) is 14.9. The van der Waals surface area contributed by atoms with Crippen LogP contribution in [0, 0.1) is 0 Å². The van der Waals surface area contributed by atoms with Gasteiger partial charge in [-0.3, -0.25) is 9.59 Å². The van der Waals surface area contributed by atoms with E-state index in [0.717, 1.165) is 25.9 Å². The molecule has 7 heteroatoms. The maximum Gasteiger partial charge on any atom is 0.260 e. The monoisotopic (exact) mass is 380 g/mol. The molecule has 0 N–H and O–H groups in total. The van der Waals surface area contributed by atoms with Crippen LogP contribution in [0.15, 0.2) is 24.3 Å². The Morgan fingerprint density at radius 3 is 2.35 bits per heavy atom. The minimum absolute atomic E-state index is 0.00536. The maximum absolute atomic E-state index is 12.3. The van der Waals surface area contributed by atoms with Crippen molar-refractivity contribution in [1.29, 1.82) is 0 Å². The molecule has 2 amide bonds. The first-order valence-electron chi connectivity index (χ1n) is 9.17. The Labute approximate surface area is 159 Å². The number of amides is 2. The van der Waals surface area contributed by atoms with Crippen LogP contribution in [-0.2, 0) is 14.3 Å². The number of ether oxygens (including phenoxy) is 2. The topological polar surface area (TPSA) is 59.1 Å². The van der Waals surface area contributed by atoms with Gasteiger partial charge in [0, 0.05) is 44.2 Å². The first-order chi connectivity index (χ1) is 12.6. The number of carbonyl (C=O) groups excluding carboxylic acids is 2. The molecule has 2 saturated heterocycles. The first kappa shape index (κ1) is 19.0. The second kappa shape index (κ2) is 9.24. The first-order valence-corrected chi connectivity index (χ1v) is 9.55. The molecule has 0 spiro atoms. The third kappa shape index (κ3) is 5.35. The highest BCUT2D eigenvalue weighted by Gasteiger charge is 2.25. The molecular formula is C19H25ClN2O4. The van der Waals surface area contributed by atoms with Gasteiger partial charge in [0.15, 0.2) is 6.61 Å². The fraction of sp³-hybridized carbons (Fsp3) is 0.579. The van der Waals surface area contributed by atoms with Gasteiger partial charge >= 0.3 is 0 Å². The van der Waals surface area contributed by atoms with E-state index in [2.05, 4.69) is 0 Å². The summed E-state index contributed by atoms with van der Waals surface area (Å²) in [4.78, 5) is 28.2. The van der Waals surface area contributed by atoms with Gasteiger partial charge in [0.1, 0.15) is 5.75 Å². The normalized spacial score (nSPS) is 20.3. The Morgan fingerprint density at radius 2 is 1.73 bits per heavy atom. The van der Waals surface area contributed by atoms with Gasteiger partial charge in [-0.25, -0.2) is 0 Å². The Morgan fingerprint density at radius 1 is 1.08 bits per heavy atom. The van der Waals surface area contributed by atoms with Crippen LogP contribution in [0.25, 0.3) is 0 Å². The van der Waals surface area contributed by atoms with E-state index in [0.29, 0.717) is 43.4 Å². The molecule has 0 bridgehead atoms. The van der Waals surface area contributed by atoms with Gasteiger partial charge in [-0.2, -0.15) is 0 Å². The predicted octanol–water partition coefficient (Wildman–Crippen LogP) is 2.35. The summed E-state index contributed by atoms with van der Waals surface area (Å²) in [6.07, 6.45) is 3.72. The van der Waals surface area contributed by atoms with Crippen molar-refractivity contribution in [3.05, 3.63) is 29.3 Å². The summed E-state index contributed by atoms with van der Waals surface area (Å²) >= 11 is 5.82. The van der Waals surface area contributed by atoms with E-state index in [1.165, 1.54) is 0 Å². The van der Waals surface area contributed by atoms with Crippen LogP contribution < -0.4 is 4.74 Å². The molecule has 2 fully saturated rings. The zero-order valence-corrected chi connectivity index (χ0v) is 15.6. The van der Waals surface area contributed by atoms with E-state index >= 15 is 0 Å². The van der Waals surface area contributed by atoms with Crippen LogP contribution in [0.4, 0.5) is 0 Å². The lowest BCUT2D eigenvalue weighted by Gasteiger charge is -2.35. The minimum Gasteiger partial charge on any atom is -0.484 e. The molecule has 0 unspecified atom stereocenters. The second-order valence-corrected chi connectivity index (χ2v) is 7.11. The number of carbonyl (C=O) groups is 2. The van der Waals surface area contributed by atoms with E-state index < -0.39 is 0 Å². The van der Waals surface area contributed by atoms with E-state index in [-0.39, 0.29) is 24.5 Å². The summed E-state index contributed by atoms with van der Waals surface area (Å²) in [5.41, 5.74) is 0. The van der Waals surface area contributed by atoms with Crippen LogP contribution in [0.5, 0.6) is 5.75 Å². The van der Waals surface area contributed by atoms with Crippen LogP contribution in [0.3, 0.4) is 0 Å². The van der Waals surface area contributed by atoms with E-state index in [9.17, 15) is 9.59 Å². The molecule has 1 aromatic carbocycles. The van der Waals surface area contributed by atoms with Crippen molar-refractivity contribution in [3.63, 3.8) is 0 Å². The Bertz CT molecular complexity index is 608. The smallest absolute Gasteiger partial charge is 0.260 e. The Hall–Kier alpha value is -1.79. The van der Waals surface area contributed by atoms with Gasteiger partial charge in [0.25, 0.3) is 5.91 Å². The number of hydrogen-bond donors (Lipinski definition) is 0. The van der Waals surface area contributed by atoms with E-state index in [1.54, 1.807) is 29.2 Å². The standard InChI is InChI=1S/C19H25ClN2O4/c20-15-3-5-17(6-4-15)26-14-19(24)22-11-9-21(10-12-22)18(23)8-7-16-2-1-13-25-16/h3-6,16H,1-2,7-14H2/t16-/m1/s1. The van der Waals surface area contributed by atoms with E-state index in [1.807, 2.05) is 4.90 Å². The lowest BCUT2D eigenvalue weighted by molar-refractivity contribution is -0.141. The van der Waals surface area contributed by atoms with Crippen molar-refractivity contribution < 1.29 is 19.1 Å². The molecule has 2 heterocycles. The second-order valence-electron chi connectivity index (χ2n) is 6.68. The minimum atomic E-state index is -0.0635. The fourth-order valence-electron chi connectivity index (χ4n) is 3.29. The molecule has 2 aliphatic rings. The summed E-state index contributed by atoms with van der Waals surface area (Å²) in [7, 11) is 0. The van der Waals surface area contributed by atoms with Gasteiger partial charge < -0.3 is 19.3 Å². The van der Waals surface area contributed by atoms with Gasteiger partial charge in [-0.05, 0) is 43.5 Å². The number of nitrogens with zero attached hydrogens (tertiary/aromatic N) is 2. The molecular weight excluding hydrogens is 356 g/mol. The van der Waals surface area contributed by atoms with Crippen molar-refractivity contribution >= 4 is 23.4 Å². The van der Waals surface area contributed by atoms with Crippen molar-refractivity contribution in [2.24, 2.45) is 0 Å². The number of piperazine rings is 1. The summed E-state index contributed by atoms with van der Waals surface area (Å²) < 4.78 is 11.1. The Kier molecular flexibility index (Phi) is 6.74. The quantitative estimate of drug-likeness (QED) is 0.760. The number of rotatable bonds is 6. The molecule has 0 saturated carbocycles. The molecule has 26 heavy (non-hydrogen) atoms. The van der Waals surface area contributed by atoms with Gasteiger partial charge in [0.05, 0.1) is 6.10 Å². The van der Waals surface area contributed by atoms with Gasteiger partial charge in [-0.1, -0.05) is 11.6 Å². The number of halogens is 1. The average Bonchev–Trinajstić information content (AvgIpc) is 3.19. The molecule has 6 nitrogen and oxygen atoms in total.